The molecule has 0 spiro atoms. The van der Waals surface area contributed by atoms with Crippen molar-refractivity contribution in [1.29, 1.82) is 0 Å². The summed E-state index contributed by atoms with van der Waals surface area (Å²) in [6.45, 7) is 3.76. The van der Waals surface area contributed by atoms with E-state index in [2.05, 4.69) is 5.10 Å². The minimum Gasteiger partial charge on any atom is -0.300 e. The van der Waals surface area contributed by atoms with Crippen molar-refractivity contribution in [3.05, 3.63) is 21.5 Å². The standard InChI is InChI=1S/C13H19N3O3/c1-3-11-13(16(18)19)12(4-2)15(14-11)9-6-5-7-10(17)8-9/h9H,3-8H2,1-2H3. The van der Waals surface area contributed by atoms with Gasteiger partial charge in [-0.1, -0.05) is 13.8 Å². The van der Waals surface area contributed by atoms with Gasteiger partial charge in [0.25, 0.3) is 0 Å². The van der Waals surface area contributed by atoms with E-state index in [9.17, 15) is 14.9 Å². The maximum absolute atomic E-state index is 11.6. The van der Waals surface area contributed by atoms with Crippen LogP contribution in [0.5, 0.6) is 0 Å². The zero-order valence-electron chi connectivity index (χ0n) is 11.4. The number of carbonyl (C=O) groups is 1. The van der Waals surface area contributed by atoms with Gasteiger partial charge in [0.05, 0.1) is 11.0 Å². The lowest BCUT2D eigenvalue weighted by Gasteiger charge is -2.22. The summed E-state index contributed by atoms with van der Waals surface area (Å²) in [5.74, 6) is 0.231. The minimum atomic E-state index is -0.341. The summed E-state index contributed by atoms with van der Waals surface area (Å²) in [7, 11) is 0. The van der Waals surface area contributed by atoms with E-state index in [1.807, 2.05) is 13.8 Å². The molecule has 0 aromatic carbocycles. The second kappa shape index (κ2) is 5.50. The molecule has 104 valence electrons. The van der Waals surface area contributed by atoms with Crippen molar-refractivity contribution in [1.82, 2.24) is 9.78 Å². The third-order valence-corrected chi connectivity index (χ3v) is 3.71. The van der Waals surface area contributed by atoms with Gasteiger partial charge in [-0.3, -0.25) is 19.6 Å². The quantitative estimate of drug-likeness (QED) is 0.619. The second-order valence-corrected chi connectivity index (χ2v) is 4.94. The van der Waals surface area contributed by atoms with E-state index in [-0.39, 0.29) is 22.4 Å². The highest BCUT2D eigenvalue weighted by molar-refractivity contribution is 5.79. The Kier molecular flexibility index (Phi) is 3.97. The van der Waals surface area contributed by atoms with Gasteiger partial charge in [0.2, 0.25) is 0 Å². The summed E-state index contributed by atoms with van der Waals surface area (Å²) in [6, 6.07) is -0.00444. The van der Waals surface area contributed by atoms with Gasteiger partial charge in [-0.15, -0.1) is 0 Å². The number of nitrogens with zero attached hydrogens (tertiary/aromatic N) is 3. The Hall–Kier alpha value is -1.72. The average molecular weight is 265 g/mol. The molecule has 1 aromatic heterocycles. The van der Waals surface area contributed by atoms with E-state index >= 15 is 0 Å². The molecule has 1 aliphatic carbocycles. The molecule has 1 heterocycles. The molecule has 19 heavy (non-hydrogen) atoms. The fraction of sp³-hybridized carbons (Fsp3) is 0.692. The van der Waals surface area contributed by atoms with Crippen LogP contribution in [-0.4, -0.2) is 20.5 Å². The first-order chi connectivity index (χ1) is 9.08. The van der Waals surface area contributed by atoms with Gasteiger partial charge in [-0.2, -0.15) is 5.10 Å². The first kappa shape index (κ1) is 13.7. The van der Waals surface area contributed by atoms with E-state index < -0.39 is 0 Å². The molecule has 0 bridgehead atoms. The van der Waals surface area contributed by atoms with Crippen LogP contribution in [0.1, 0.15) is 57.0 Å². The largest absolute Gasteiger partial charge is 0.313 e. The summed E-state index contributed by atoms with van der Waals surface area (Å²) in [5, 5.41) is 15.6. The van der Waals surface area contributed by atoms with E-state index in [0.717, 1.165) is 12.8 Å². The first-order valence-corrected chi connectivity index (χ1v) is 6.84. The number of carbonyl (C=O) groups excluding carboxylic acids is 1. The van der Waals surface area contributed by atoms with Crippen LogP contribution in [0.2, 0.25) is 0 Å². The average Bonchev–Trinajstić information content (AvgIpc) is 2.77. The molecule has 1 fully saturated rings. The molecule has 0 N–H and O–H groups in total. The molecule has 1 saturated carbocycles. The summed E-state index contributed by atoms with van der Waals surface area (Å²) < 4.78 is 1.74. The molecule has 2 rings (SSSR count). The Morgan fingerprint density at radius 1 is 1.42 bits per heavy atom. The van der Waals surface area contributed by atoms with Crippen LogP contribution in [0.25, 0.3) is 0 Å². The monoisotopic (exact) mass is 265 g/mol. The Labute approximate surface area is 111 Å². The van der Waals surface area contributed by atoms with E-state index in [4.69, 9.17) is 0 Å². The molecular formula is C13H19N3O3. The van der Waals surface area contributed by atoms with Crippen LogP contribution in [0.3, 0.4) is 0 Å². The number of aryl methyl sites for hydroxylation is 1. The molecule has 0 amide bonds. The Morgan fingerprint density at radius 3 is 2.68 bits per heavy atom. The zero-order valence-corrected chi connectivity index (χ0v) is 11.4. The number of hydrogen-bond donors (Lipinski definition) is 0. The van der Waals surface area contributed by atoms with Crippen LogP contribution in [-0.2, 0) is 17.6 Å². The lowest BCUT2D eigenvalue weighted by molar-refractivity contribution is -0.386. The fourth-order valence-electron chi connectivity index (χ4n) is 2.80. The highest BCUT2D eigenvalue weighted by Crippen LogP contribution is 2.32. The molecular weight excluding hydrogens is 246 g/mol. The number of ketones is 1. The topological polar surface area (TPSA) is 78.0 Å². The summed E-state index contributed by atoms with van der Waals surface area (Å²) in [5.41, 5.74) is 1.32. The van der Waals surface area contributed by atoms with Crippen LogP contribution < -0.4 is 0 Å². The molecule has 6 heteroatoms. The summed E-state index contributed by atoms with van der Waals surface area (Å²) in [4.78, 5) is 22.4. The van der Waals surface area contributed by atoms with Crippen molar-refractivity contribution in [2.75, 3.05) is 0 Å². The van der Waals surface area contributed by atoms with Gasteiger partial charge in [0, 0.05) is 12.8 Å². The van der Waals surface area contributed by atoms with E-state index in [1.165, 1.54) is 0 Å². The number of rotatable bonds is 4. The lowest BCUT2D eigenvalue weighted by atomic mass is 9.94. The number of nitro groups is 1. The predicted octanol–water partition coefficient (Wildman–Crippen LogP) is 2.60. The lowest BCUT2D eigenvalue weighted by Crippen LogP contribution is -2.21. The normalized spacial score (nSPS) is 19.7. The van der Waals surface area contributed by atoms with Crippen molar-refractivity contribution in [3.8, 4) is 0 Å². The van der Waals surface area contributed by atoms with Crippen LogP contribution in [0.15, 0.2) is 0 Å². The van der Waals surface area contributed by atoms with Crippen LogP contribution in [0, 0.1) is 10.1 Å². The smallest absolute Gasteiger partial charge is 0.300 e. The SMILES string of the molecule is CCc1nn(C2CCCC(=O)C2)c(CC)c1[N+](=O)[O-]. The van der Waals surface area contributed by atoms with Crippen LogP contribution in [0.4, 0.5) is 5.69 Å². The van der Waals surface area contributed by atoms with E-state index in [0.29, 0.717) is 37.1 Å². The Morgan fingerprint density at radius 2 is 2.16 bits per heavy atom. The number of aromatic nitrogens is 2. The second-order valence-electron chi connectivity index (χ2n) is 4.94. The molecule has 0 aliphatic heterocycles. The highest BCUT2D eigenvalue weighted by atomic mass is 16.6. The molecule has 0 radical (unpaired) electrons. The third kappa shape index (κ3) is 2.52. The fourth-order valence-corrected chi connectivity index (χ4v) is 2.80. The predicted molar refractivity (Wildman–Crippen MR) is 70.1 cm³/mol. The number of Topliss-reactive ketones (excluding diaryl/α,β-unsaturated/α-hetero) is 1. The molecule has 6 nitrogen and oxygen atoms in total. The van der Waals surface area contributed by atoms with Gasteiger partial charge in [0.15, 0.2) is 0 Å². The maximum atomic E-state index is 11.6. The van der Waals surface area contributed by atoms with Crippen molar-refractivity contribution < 1.29 is 9.72 Å². The zero-order chi connectivity index (χ0) is 14.0. The van der Waals surface area contributed by atoms with Crippen molar-refractivity contribution in [3.63, 3.8) is 0 Å². The van der Waals surface area contributed by atoms with Crippen molar-refractivity contribution in [2.24, 2.45) is 0 Å². The summed E-state index contributed by atoms with van der Waals surface area (Å²) in [6.07, 6.45) is 3.91. The van der Waals surface area contributed by atoms with Crippen molar-refractivity contribution >= 4 is 11.5 Å². The van der Waals surface area contributed by atoms with Crippen LogP contribution >= 0.6 is 0 Å². The first-order valence-electron chi connectivity index (χ1n) is 6.84. The molecule has 1 atom stereocenters. The van der Waals surface area contributed by atoms with Gasteiger partial charge in [-0.25, -0.2) is 0 Å². The van der Waals surface area contributed by atoms with Gasteiger partial charge < -0.3 is 0 Å². The van der Waals surface area contributed by atoms with Gasteiger partial charge in [-0.05, 0) is 25.7 Å². The molecule has 1 aromatic rings. The Balaban J connectivity index is 2.44. The highest BCUT2D eigenvalue weighted by Gasteiger charge is 2.30. The minimum absolute atomic E-state index is 0.00444. The van der Waals surface area contributed by atoms with Crippen molar-refractivity contribution in [2.45, 2.75) is 58.4 Å². The maximum Gasteiger partial charge on any atom is 0.313 e. The third-order valence-electron chi connectivity index (χ3n) is 3.71. The molecule has 1 aliphatic rings. The summed E-state index contributed by atoms with van der Waals surface area (Å²) >= 11 is 0. The number of hydrogen-bond acceptors (Lipinski definition) is 4. The molecule has 0 saturated heterocycles. The van der Waals surface area contributed by atoms with Gasteiger partial charge >= 0.3 is 5.69 Å². The Bertz CT molecular complexity index is 507. The molecule has 1 unspecified atom stereocenters. The van der Waals surface area contributed by atoms with Gasteiger partial charge in [0.1, 0.15) is 17.2 Å². The van der Waals surface area contributed by atoms with E-state index in [1.54, 1.807) is 4.68 Å².